The van der Waals surface area contributed by atoms with Crippen LogP contribution in [-0.2, 0) is 23.0 Å². The van der Waals surface area contributed by atoms with Crippen LogP contribution in [0.15, 0.2) is 53.4 Å². The smallest absolute Gasteiger partial charge is 0.240 e. The van der Waals surface area contributed by atoms with Gasteiger partial charge in [0.15, 0.2) is 0 Å². The van der Waals surface area contributed by atoms with E-state index in [1.807, 2.05) is 0 Å². The highest BCUT2D eigenvalue weighted by Gasteiger charge is 2.22. The highest BCUT2D eigenvalue weighted by molar-refractivity contribution is 7.89. The normalized spacial score (nSPS) is 16.2. The maximum absolute atomic E-state index is 12.4. The highest BCUT2D eigenvalue weighted by Crippen LogP contribution is 2.20. The Labute approximate surface area is 149 Å². The molecule has 2 aromatic rings. The first-order valence-corrected chi connectivity index (χ1v) is 9.92. The summed E-state index contributed by atoms with van der Waals surface area (Å²) >= 11 is 0. The van der Waals surface area contributed by atoms with Crippen molar-refractivity contribution >= 4 is 10.0 Å². The Hall–Kier alpha value is -1.89. The summed E-state index contributed by atoms with van der Waals surface area (Å²) in [5.41, 5.74) is 2.73. The first-order chi connectivity index (χ1) is 12.0. The molecular formula is C19H24N2O3S. The summed E-state index contributed by atoms with van der Waals surface area (Å²) in [4.78, 5) is 2.57. The summed E-state index contributed by atoms with van der Waals surface area (Å²) in [6, 6.07) is 15.0. The van der Waals surface area contributed by atoms with Crippen LogP contribution >= 0.6 is 0 Å². The molecule has 0 bridgehead atoms. The van der Waals surface area contributed by atoms with Gasteiger partial charge in [0, 0.05) is 25.7 Å². The molecule has 1 unspecified atom stereocenters. The second-order valence-electron chi connectivity index (χ2n) is 6.37. The largest absolute Gasteiger partial charge is 0.497 e. The van der Waals surface area contributed by atoms with Gasteiger partial charge in [0.05, 0.1) is 12.0 Å². The van der Waals surface area contributed by atoms with Gasteiger partial charge in [-0.1, -0.05) is 24.3 Å². The number of benzene rings is 2. The molecule has 5 nitrogen and oxygen atoms in total. The summed E-state index contributed by atoms with van der Waals surface area (Å²) in [5, 5.41) is 0. The molecule has 0 aliphatic carbocycles. The first kappa shape index (κ1) is 17.9. The molecule has 1 N–H and O–H groups in total. The third-order valence-corrected chi connectivity index (χ3v) is 6.16. The minimum atomic E-state index is -3.51. The monoisotopic (exact) mass is 360 g/mol. The molecule has 1 aliphatic heterocycles. The van der Waals surface area contributed by atoms with Gasteiger partial charge >= 0.3 is 0 Å². The fraction of sp³-hybridized carbons (Fsp3) is 0.368. The van der Waals surface area contributed by atoms with Crippen LogP contribution in [0.25, 0.3) is 0 Å². The molecule has 0 saturated heterocycles. The summed E-state index contributed by atoms with van der Waals surface area (Å²) in [6.07, 6.45) is 1.01. The van der Waals surface area contributed by atoms with Crippen LogP contribution in [0.4, 0.5) is 0 Å². The van der Waals surface area contributed by atoms with Gasteiger partial charge in [0.1, 0.15) is 5.75 Å². The van der Waals surface area contributed by atoms with Gasteiger partial charge in [-0.3, -0.25) is 4.90 Å². The van der Waals surface area contributed by atoms with Gasteiger partial charge < -0.3 is 4.74 Å². The molecule has 1 heterocycles. The van der Waals surface area contributed by atoms with E-state index in [2.05, 4.69) is 40.8 Å². The van der Waals surface area contributed by atoms with E-state index in [0.29, 0.717) is 12.3 Å². The number of nitrogens with one attached hydrogen (secondary N) is 1. The van der Waals surface area contributed by atoms with Gasteiger partial charge in [0.2, 0.25) is 10.0 Å². The van der Waals surface area contributed by atoms with Crippen molar-refractivity contribution in [2.24, 2.45) is 0 Å². The standard InChI is InChI=1S/C19H24N2O3S/c1-15(21-12-11-16-5-3-4-6-17(16)14-21)13-20-25(22,23)19-9-7-18(24-2)8-10-19/h3-10,15,20H,11-14H2,1-2H3. The Morgan fingerprint density at radius 2 is 1.80 bits per heavy atom. The fourth-order valence-electron chi connectivity index (χ4n) is 3.09. The average molecular weight is 360 g/mol. The summed E-state index contributed by atoms with van der Waals surface area (Å²) < 4.78 is 32.7. The topological polar surface area (TPSA) is 58.6 Å². The number of sulfonamides is 1. The Balaban J connectivity index is 1.60. The van der Waals surface area contributed by atoms with Crippen molar-refractivity contribution in [1.29, 1.82) is 0 Å². The van der Waals surface area contributed by atoms with Crippen LogP contribution in [0.3, 0.4) is 0 Å². The molecule has 0 saturated carbocycles. The maximum atomic E-state index is 12.4. The predicted molar refractivity (Wildman–Crippen MR) is 98.2 cm³/mol. The van der Waals surface area contributed by atoms with E-state index < -0.39 is 10.0 Å². The second-order valence-corrected chi connectivity index (χ2v) is 8.13. The summed E-state index contributed by atoms with van der Waals surface area (Å²) in [7, 11) is -1.96. The van der Waals surface area contributed by atoms with Crippen molar-refractivity contribution in [3.05, 3.63) is 59.7 Å². The molecule has 3 rings (SSSR count). The first-order valence-electron chi connectivity index (χ1n) is 8.44. The van der Waals surface area contributed by atoms with E-state index in [1.165, 1.54) is 11.1 Å². The Morgan fingerprint density at radius 1 is 1.12 bits per heavy atom. The van der Waals surface area contributed by atoms with Crippen LogP contribution < -0.4 is 9.46 Å². The van der Waals surface area contributed by atoms with Crippen LogP contribution in [0.2, 0.25) is 0 Å². The average Bonchev–Trinajstić information content (AvgIpc) is 2.65. The molecule has 0 aromatic heterocycles. The Bertz CT molecular complexity index is 819. The molecule has 1 atom stereocenters. The number of nitrogens with zero attached hydrogens (tertiary/aromatic N) is 1. The van der Waals surface area contributed by atoms with Crippen molar-refractivity contribution in [1.82, 2.24) is 9.62 Å². The number of hydrogen-bond donors (Lipinski definition) is 1. The number of ether oxygens (including phenoxy) is 1. The minimum Gasteiger partial charge on any atom is -0.497 e. The number of fused-ring (bicyclic) bond motifs is 1. The summed E-state index contributed by atoms with van der Waals surface area (Å²) in [5.74, 6) is 0.638. The molecule has 1 aliphatic rings. The Kier molecular flexibility index (Phi) is 5.42. The van der Waals surface area contributed by atoms with E-state index >= 15 is 0 Å². The highest BCUT2D eigenvalue weighted by atomic mass is 32.2. The van der Waals surface area contributed by atoms with Gasteiger partial charge in [-0.15, -0.1) is 0 Å². The Morgan fingerprint density at radius 3 is 2.48 bits per heavy atom. The molecule has 0 amide bonds. The predicted octanol–water partition coefficient (Wildman–Crippen LogP) is 2.42. The van der Waals surface area contributed by atoms with E-state index in [1.54, 1.807) is 31.4 Å². The van der Waals surface area contributed by atoms with E-state index in [0.717, 1.165) is 19.5 Å². The third-order valence-electron chi connectivity index (χ3n) is 4.72. The van der Waals surface area contributed by atoms with E-state index in [4.69, 9.17) is 4.74 Å². The zero-order valence-electron chi connectivity index (χ0n) is 14.6. The SMILES string of the molecule is COc1ccc(S(=O)(=O)NCC(C)N2CCc3ccccc3C2)cc1. The third kappa shape index (κ3) is 4.21. The molecule has 0 spiro atoms. The van der Waals surface area contributed by atoms with Crippen molar-refractivity contribution in [2.45, 2.75) is 30.8 Å². The lowest BCUT2D eigenvalue weighted by Crippen LogP contribution is -2.44. The zero-order chi connectivity index (χ0) is 17.9. The van der Waals surface area contributed by atoms with Gasteiger partial charge in [-0.25, -0.2) is 13.1 Å². The van der Waals surface area contributed by atoms with E-state index in [9.17, 15) is 8.42 Å². The van der Waals surface area contributed by atoms with E-state index in [-0.39, 0.29) is 10.9 Å². The van der Waals surface area contributed by atoms with Gasteiger partial charge in [-0.05, 0) is 48.7 Å². The number of rotatable bonds is 6. The van der Waals surface area contributed by atoms with Crippen molar-refractivity contribution in [3.8, 4) is 5.75 Å². The maximum Gasteiger partial charge on any atom is 0.240 e. The molecule has 0 fully saturated rings. The molecule has 6 heteroatoms. The lowest BCUT2D eigenvalue weighted by Gasteiger charge is -2.33. The fourth-order valence-corrected chi connectivity index (χ4v) is 4.21. The molecule has 2 aromatic carbocycles. The molecule has 134 valence electrons. The lowest BCUT2D eigenvalue weighted by atomic mass is 9.99. The number of methoxy groups -OCH3 is 1. The van der Waals surface area contributed by atoms with Crippen LogP contribution in [0.5, 0.6) is 5.75 Å². The quantitative estimate of drug-likeness (QED) is 0.860. The van der Waals surface area contributed by atoms with Crippen LogP contribution in [0.1, 0.15) is 18.1 Å². The number of hydrogen-bond acceptors (Lipinski definition) is 4. The van der Waals surface area contributed by atoms with Gasteiger partial charge in [-0.2, -0.15) is 0 Å². The van der Waals surface area contributed by atoms with Crippen molar-refractivity contribution < 1.29 is 13.2 Å². The molecule has 0 radical (unpaired) electrons. The van der Waals surface area contributed by atoms with Crippen LogP contribution in [-0.4, -0.2) is 39.6 Å². The van der Waals surface area contributed by atoms with Crippen molar-refractivity contribution in [3.63, 3.8) is 0 Å². The zero-order valence-corrected chi connectivity index (χ0v) is 15.4. The molecular weight excluding hydrogens is 336 g/mol. The lowest BCUT2D eigenvalue weighted by molar-refractivity contribution is 0.192. The van der Waals surface area contributed by atoms with Crippen molar-refractivity contribution in [2.75, 3.05) is 20.2 Å². The van der Waals surface area contributed by atoms with Gasteiger partial charge in [0.25, 0.3) is 0 Å². The minimum absolute atomic E-state index is 0.126. The summed E-state index contributed by atoms with van der Waals surface area (Å²) in [6.45, 7) is 4.26. The van der Waals surface area contributed by atoms with Crippen LogP contribution in [0, 0.1) is 0 Å². The second kappa shape index (κ2) is 7.56. The molecule has 25 heavy (non-hydrogen) atoms.